The van der Waals surface area contributed by atoms with Crippen molar-refractivity contribution in [1.82, 2.24) is 19.9 Å². The van der Waals surface area contributed by atoms with Crippen LogP contribution in [0.25, 0.3) is 11.4 Å². The highest BCUT2D eigenvalue weighted by atomic mass is 16.3. The number of pyridine rings is 1. The first-order valence-electron chi connectivity index (χ1n) is 7.91. The molecule has 0 saturated heterocycles. The fourth-order valence-corrected chi connectivity index (χ4v) is 2.86. The van der Waals surface area contributed by atoms with Gasteiger partial charge in [-0.1, -0.05) is 0 Å². The number of aromatic nitrogens is 3. The number of fused-ring (bicyclic) bond motifs is 1. The van der Waals surface area contributed by atoms with E-state index in [1.165, 1.54) is 6.92 Å². The fourth-order valence-electron chi connectivity index (χ4n) is 2.86. The Morgan fingerprint density at radius 2 is 2.00 bits per heavy atom. The molecule has 24 heavy (non-hydrogen) atoms. The molecular weight excluding hydrogens is 306 g/mol. The number of carbonyl (C=O) groups is 1. The summed E-state index contributed by atoms with van der Waals surface area (Å²) in [5.41, 5.74) is 2.78. The maximum atomic E-state index is 12.1. The van der Waals surface area contributed by atoms with Crippen molar-refractivity contribution < 1.29 is 9.90 Å². The van der Waals surface area contributed by atoms with E-state index in [0.29, 0.717) is 25.3 Å². The van der Waals surface area contributed by atoms with Crippen molar-refractivity contribution in [2.75, 3.05) is 25.5 Å². The number of carbonyl (C=O) groups excluding carboxylic acids is 1. The van der Waals surface area contributed by atoms with Crippen LogP contribution in [0.4, 0.5) is 5.82 Å². The third kappa shape index (κ3) is 3.07. The highest BCUT2D eigenvalue weighted by Crippen LogP contribution is 2.28. The molecule has 0 spiro atoms. The van der Waals surface area contributed by atoms with Crippen molar-refractivity contribution in [3.8, 4) is 11.4 Å². The summed E-state index contributed by atoms with van der Waals surface area (Å²) in [6, 6.07) is 3.73. The molecule has 0 aromatic carbocycles. The molecule has 0 unspecified atom stereocenters. The third-order valence-corrected chi connectivity index (χ3v) is 4.07. The van der Waals surface area contributed by atoms with Crippen molar-refractivity contribution in [1.29, 1.82) is 0 Å². The van der Waals surface area contributed by atoms with Crippen LogP contribution in [-0.2, 0) is 17.8 Å². The van der Waals surface area contributed by atoms with Gasteiger partial charge >= 0.3 is 0 Å². The molecule has 1 N–H and O–H groups in total. The lowest BCUT2D eigenvalue weighted by atomic mass is 10.0. The summed E-state index contributed by atoms with van der Waals surface area (Å²) < 4.78 is 0. The molecule has 1 amide bonds. The van der Waals surface area contributed by atoms with Crippen LogP contribution < -0.4 is 4.90 Å². The summed E-state index contributed by atoms with van der Waals surface area (Å²) in [7, 11) is 3.90. The number of nitrogens with zero attached hydrogens (tertiary/aromatic N) is 5. The van der Waals surface area contributed by atoms with Gasteiger partial charge in [0.05, 0.1) is 12.2 Å². The number of hydrogen-bond donors (Lipinski definition) is 1. The first kappa shape index (κ1) is 16.3. The Labute approximate surface area is 141 Å². The van der Waals surface area contributed by atoms with E-state index >= 15 is 0 Å². The Balaban J connectivity index is 2.04. The van der Waals surface area contributed by atoms with Gasteiger partial charge in [0.25, 0.3) is 5.91 Å². The standard InChI is InChI=1S/C17H21N5O2/c1-11(23)17(24)22-9-6-13-14(10-22)19-15(20-16(13)21(2)3)12-4-7-18-8-5-12/h4-5,7-8,11,23H,6,9-10H2,1-3H3/t11-/m0/s1. The second-order valence-corrected chi connectivity index (χ2v) is 6.11. The number of hydrogen-bond acceptors (Lipinski definition) is 6. The minimum atomic E-state index is -0.999. The first-order chi connectivity index (χ1) is 11.5. The van der Waals surface area contributed by atoms with Crippen LogP contribution in [-0.4, -0.2) is 57.6 Å². The Morgan fingerprint density at radius 1 is 1.29 bits per heavy atom. The quantitative estimate of drug-likeness (QED) is 0.901. The molecule has 0 radical (unpaired) electrons. The summed E-state index contributed by atoms with van der Waals surface area (Å²) in [5.74, 6) is 1.22. The maximum absolute atomic E-state index is 12.1. The summed E-state index contributed by atoms with van der Waals surface area (Å²) in [4.78, 5) is 29.1. The van der Waals surface area contributed by atoms with Crippen LogP contribution >= 0.6 is 0 Å². The van der Waals surface area contributed by atoms with Gasteiger partial charge in [0.2, 0.25) is 0 Å². The molecule has 3 heterocycles. The zero-order chi connectivity index (χ0) is 17.3. The lowest BCUT2D eigenvalue weighted by molar-refractivity contribution is -0.140. The molecule has 2 aromatic heterocycles. The van der Waals surface area contributed by atoms with E-state index in [9.17, 15) is 9.90 Å². The largest absolute Gasteiger partial charge is 0.384 e. The van der Waals surface area contributed by atoms with E-state index in [2.05, 4.69) is 9.97 Å². The highest BCUT2D eigenvalue weighted by molar-refractivity contribution is 5.80. The Kier molecular flexibility index (Phi) is 4.44. The van der Waals surface area contributed by atoms with Crippen molar-refractivity contribution in [3.05, 3.63) is 35.8 Å². The monoisotopic (exact) mass is 327 g/mol. The SMILES string of the molecule is C[C@H](O)C(=O)N1CCc2c(nc(-c3ccncc3)nc2N(C)C)C1. The number of aliphatic hydroxyl groups is 1. The van der Waals surface area contributed by atoms with Crippen LogP contribution in [0.15, 0.2) is 24.5 Å². The number of aliphatic hydroxyl groups excluding tert-OH is 1. The molecule has 1 aliphatic heterocycles. The summed E-state index contributed by atoms with van der Waals surface area (Å²) in [6.07, 6.45) is 3.09. The number of rotatable bonds is 3. The predicted molar refractivity (Wildman–Crippen MR) is 90.4 cm³/mol. The van der Waals surface area contributed by atoms with Crippen molar-refractivity contribution in [2.24, 2.45) is 0 Å². The average Bonchev–Trinajstić information content (AvgIpc) is 2.60. The zero-order valence-corrected chi connectivity index (χ0v) is 14.1. The molecular formula is C17H21N5O2. The van der Waals surface area contributed by atoms with E-state index in [0.717, 1.165) is 22.6 Å². The zero-order valence-electron chi connectivity index (χ0n) is 14.1. The molecule has 2 aromatic rings. The van der Waals surface area contributed by atoms with Crippen LogP contribution in [0.2, 0.25) is 0 Å². The third-order valence-electron chi connectivity index (χ3n) is 4.07. The first-order valence-corrected chi connectivity index (χ1v) is 7.91. The van der Waals surface area contributed by atoms with Crippen molar-refractivity contribution in [3.63, 3.8) is 0 Å². The highest BCUT2D eigenvalue weighted by Gasteiger charge is 2.27. The van der Waals surface area contributed by atoms with Crippen molar-refractivity contribution in [2.45, 2.75) is 26.0 Å². The number of amides is 1. The van der Waals surface area contributed by atoms with Crippen LogP contribution in [0.1, 0.15) is 18.2 Å². The molecule has 0 bridgehead atoms. The molecule has 126 valence electrons. The molecule has 3 rings (SSSR count). The van der Waals surface area contributed by atoms with Gasteiger partial charge in [-0.25, -0.2) is 9.97 Å². The van der Waals surface area contributed by atoms with Gasteiger partial charge in [-0.3, -0.25) is 9.78 Å². The van der Waals surface area contributed by atoms with Gasteiger partial charge in [0.1, 0.15) is 11.9 Å². The molecule has 0 saturated carbocycles. The Bertz CT molecular complexity index is 746. The lowest BCUT2D eigenvalue weighted by Crippen LogP contribution is -2.42. The Hall–Kier alpha value is -2.54. The van der Waals surface area contributed by atoms with E-state index < -0.39 is 6.10 Å². The average molecular weight is 327 g/mol. The Morgan fingerprint density at radius 3 is 2.62 bits per heavy atom. The van der Waals surface area contributed by atoms with Crippen molar-refractivity contribution >= 4 is 11.7 Å². The smallest absolute Gasteiger partial charge is 0.251 e. The molecule has 1 aliphatic rings. The van der Waals surface area contributed by atoms with Gasteiger partial charge in [0.15, 0.2) is 5.82 Å². The fraction of sp³-hybridized carbons (Fsp3) is 0.412. The predicted octanol–water partition coefficient (Wildman–Crippen LogP) is 0.870. The normalized spacial score (nSPS) is 14.9. The van der Waals surface area contributed by atoms with E-state index in [-0.39, 0.29) is 5.91 Å². The van der Waals surface area contributed by atoms with Crippen LogP contribution in [0.3, 0.4) is 0 Å². The van der Waals surface area contributed by atoms with Gasteiger partial charge in [0, 0.05) is 44.2 Å². The van der Waals surface area contributed by atoms with Gasteiger partial charge in [-0.15, -0.1) is 0 Å². The summed E-state index contributed by atoms with van der Waals surface area (Å²) >= 11 is 0. The van der Waals surface area contributed by atoms with E-state index in [4.69, 9.17) is 4.98 Å². The van der Waals surface area contributed by atoms with Crippen LogP contribution in [0.5, 0.6) is 0 Å². The molecule has 7 heteroatoms. The van der Waals surface area contributed by atoms with Crippen LogP contribution in [0, 0.1) is 0 Å². The molecule has 7 nitrogen and oxygen atoms in total. The topological polar surface area (TPSA) is 82.4 Å². The molecule has 0 fully saturated rings. The number of anilines is 1. The van der Waals surface area contributed by atoms with Gasteiger partial charge < -0.3 is 14.9 Å². The molecule has 1 atom stereocenters. The van der Waals surface area contributed by atoms with E-state index in [1.807, 2.05) is 31.1 Å². The molecule has 0 aliphatic carbocycles. The maximum Gasteiger partial charge on any atom is 0.251 e. The summed E-state index contributed by atoms with van der Waals surface area (Å²) in [5, 5.41) is 9.56. The van der Waals surface area contributed by atoms with E-state index in [1.54, 1.807) is 17.3 Å². The van der Waals surface area contributed by atoms with Gasteiger partial charge in [-0.05, 0) is 25.5 Å². The second-order valence-electron chi connectivity index (χ2n) is 6.11. The second kappa shape index (κ2) is 6.52. The minimum Gasteiger partial charge on any atom is -0.384 e. The minimum absolute atomic E-state index is 0.267. The van der Waals surface area contributed by atoms with Gasteiger partial charge in [-0.2, -0.15) is 0 Å². The lowest BCUT2D eigenvalue weighted by Gasteiger charge is -2.31. The summed E-state index contributed by atoms with van der Waals surface area (Å²) in [6.45, 7) is 2.45.